The lowest BCUT2D eigenvalue weighted by Crippen LogP contribution is -2.59. The highest BCUT2D eigenvalue weighted by Crippen LogP contribution is 2.65. The van der Waals surface area contributed by atoms with Gasteiger partial charge in [0.1, 0.15) is 29.6 Å². The predicted molar refractivity (Wildman–Crippen MR) is 122 cm³/mol. The minimum absolute atomic E-state index is 0.0461. The Morgan fingerprint density at radius 2 is 1.88 bits per heavy atom. The van der Waals surface area contributed by atoms with Gasteiger partial charge in [-0.2, -0.15) is 5.26 Å². The van der Waals surface area contributed by atoms with Gasteiger partial charge in [-0.3, -0.25) is 9.59 Å². The van der Waals surface area contributed by atoms with Gasteiger partial charge in [0.15, 0.2) is 6.04 Å². The standard InChI is InChI=1S/C24H35N5O5/c1-22(2,3)18(27-21(32)34-23(4,5)6)20(31)29-12-13-16(24(13,7)8)17(29)19(30)26-15(11-25)14-9-10-33-28-14/h9-10,13,15-18H,12H2,1-8H3,(H,26,30)(H,27,32)/t13-,15?,16-,17-,18+/m0/s1. The highest BCUT2D eigenvalue weighted by atomic mass is 16.6. The van der Waals surface area contributed by atoms with Crippen LogP contribution in [-0.2, 0) is 14.3 Å². The largest absolute Gasteiger partial charge is 0.444 e. The first-order chi connectivity index (χ1) is 15.6. The maximum absolute atomic E-state index is 13.8. The minimum atomic E-state index is -0.998. The molecule has 1 saturated carbocycles. The molecule has 3 rings (SSSR count). The summed E-state index contributed by atoms with van der Waals surface area (Å²) in [6, 6.07) is 0.862. The molecule has 2 fully saturated rings. The van der Waals surface area contributed by atoms with Crippen LogP contribution in [0.2, 0.25) is 0 Å². The summed E-state index contributed by atoms with van der Waals surface area (Å²) in [5.41, 5.74) is -1.17. The molecule has 0 aromatic carbocycles. The number of rotatable bonds is 5. The van der Waals surface area contributed by atoms with Gasteiger partial charge in [-0.25, -0.2) is 4.79 Å². The van der Waals surface area contributed by atoms with Crippen molar-refractivity contribution < 1.29 is 23.6 Å². The molecular weight excluding hydrogens is 438 g/mol. The van der Waals surface area contributed by atoms with E-state index in [9.17, 15) is 19.6 Å². The van der Waals surface area contributed by atoms with Crippen molar-refractivity contribution in [2.24, 2.45) is 22.7 Å². The lowest BCUT2D eigenvalue weighted by Gasteiger charge is -2.37. The Balaban J connectivity index is 1.84. The highest BCUT2D eigenvalue weighted by Gasteiger charge is 2.69. The third-order valence-corrected chi connectivity index (χ3v) is 6.70. The molecule has 186 valence electrons. The summed E-state index contributed by atoms with van der Waals surface area (Å²) in [7, 11) is 0. The van der Waals surface area contributed by atoms with Crippen LogP contribution < -0.4 is 10.6 Å². The normalized spacial score (nSPS) is 24.9. The smallest absolute Gasteiger partial charge is 0.408 e. The lowest BCUT2D eigenvalue weighted by atomic mass is 9.85. The summed E-state index contributed by atoms with van der Waals surface area (Å²) in [4.78, 5) is 41.2. The molecular formula is C24H35N5O5. The van der Waals surface area contributed by atoms with Gasteiger partial charge in [0.25, 0.3) is 0 Å². The molecule has 1 aromatic rings. The molecule has 1 aromatic heterocycles. The zero-order valence-corrected chi connectivity index (χ0v) is 21.1. The molecule has 1 aliphatic heterocycles. The Morgan fingerprint density at radius 1 is 1.24 bits per heavy atom. The van der Waals surface area contributed by atoms with Crippen LogP contribution in [0.1, 0.15) is 67.1 Å². The minimum Gasteiger partial charge on any atom is -0.444 e. The van der Waals surface area contributed by atoms with Crippen molar-refractivity contribution in [2.75, 3.05) is 6.54 Å². The topological polar surface area (TPSA) is 138 Å². The predicted octanol–water partition coefficient (Wildman–Crippen LogP) is 2.78. The fourth-order valence-corrected chi connectivity index (χ4v) is 4.82. The molecule has 34 heavy (non-hydrogen) atoms. The van der Waals surface area contributed by atoms with Gasteiger partial charge in [0.2, 0.25) is 11.8 Å². The van der Waals surface area contributed by atoms with Crippen molar-refractivity contribution in [3.63, 3.8) is 0 Å². The van der Waals surface area contributed by atoms with Gasteiger partial charge in [-0.1, -0.05) is 39.8 Å². The quantitative estimate of drug-likeness (QED) is 0.671. The lowest BCUT2D eigenvalue weighted by molar-refractivity contribution is -0.144. The number of nitriles is 1. The summed E-state index contributed by atoms with van der Waals surface area (Å²) in [6.07, 6.45) is 0.634. The number of nitrogens with one attached hydrogen (secondary N) is 2. The maximum atomic E-state index is 13.8. The Hall–Kier alpha value is -3.09. The van der Waals surface area contributed by atoms with E-state index in [1.807, 2.05) is 26.8 Å². The van der Waals surface area contributed by atoms with Gasteiger partial charge in [-0.05, 0) is 43.4 Å². The number of aromatic nitrogens is 1. The van der Waals surface area contributed by atoms with Crippen molar-refractivity contribution in [3.05, 3.63) is 18.0 Å². The second kappa shape index (κ2) is 8.60. The summed E-state index contributed by atoms with van der Waals surface area (Å²) in [5.74, 6) is -0.667. The Kier molecular flexibility index (Phi) is 6.46. The van der Waals surface area contributed by atoms with Gasteiger partial charge >= 0.3 is 6.09 Å². The molecule has 10 heteroatoms. The number of carbonyl (C=O) groups is 3. The molecule has 1 aliphatic carbocycles. The van der Waals surface area contributed by atoms with E-state index < -0.39 is 41.1 Å². The molecule has 0 bridgehead atoms. The van der Waals surface area contributed by atoms with Crippen molar-refractivity contribution in [1.29, 1.82) is 5.26 Å². The van der Waals surface area contributed by atoms with E-state index in [1.165, 1.54) is 12.3 Å². The molecule has 10 nitrogen and oxygen atoms in total. The molecule has 2 N–H and O–H groups in total. The number of hydrogen-bond acceptors (Lipinski definition) is 7. The number of piperidine rings is 1. The van der Waals surface area contributed by atoms with E-state index in [4.69, 9.17) is 9.26 Å². The van der Waals surface area contributed by atoms with E-state index in [2.05, 4.69) is 29.6 Å². The van der Waals surface area contributed by atoms with Crippen molar-refractivity contribution in [2.45, 2.75) is 79.1 Å². The van der Waals surface area contributed by atoms with E-state index >= 15 is 0 Å². The van der Waals surface area contributed by atoms with Crippen LogP contribution in [0, 0.1) is 34.0 Å². The molecule has 0 spiro atoms. The molecule has 0 radical (unpaired) electrons. The van der Waals surface area contributed by atoms with E-state index in [1.54, 1.807) is 25.7 Å². The second-order valence-electron chi connectivity index (χ2n) is 11.8. The molecule has 1 unspecified atom stereocenters. The van der Waals surface area contributed by atoms with Gasteiger partial charge < -0.3 is 24.8 Å². The van der Waals surface area contributed by atoms with Crippen molar-refractivity contribution in [3.8, 4) is 6.07 Å². The van der Waals surface area contributed by atoms with Crippen molar-refractivity contribution in [1.82, 2.24) is 20.7 Å². The first-order valence-electron chi connectivity index (χ1n) is 11.5. The molecule has 2 heterocycles. The second-order valence-corrected chi connectivity index (χ2v) is 11.8. The number of likely N-dealkylation sites (tertiary alicyclic amines) is 1. The molecule has 1 saturated heterocycles. The number of hydrogen-bond donors (Lipinski definition) is 2. The van der Waals surface area contributed by atoms with Crippen LogP contribution in [0.25, 0.3) is 0 Å². The first-order valence-corrected chi connectivity index (χ1v) is 11.5. The highest BCUT2D eigenvalue weighted by molar-refractivity contribution is 5.93. The molecule has 2 aliphatic rings. The van der Waals surface area contributed by atoms with E-state index in [0.717, 1.165) is 0 Å². The van der Waals surface area contributed by atoms with E-state index in [-0.39, 0.29) is 28.9 Å². The number of ether oxygens (including phenoxy) is 1. The average molecular weight is 474 g/mol. The summed E-state index contributed by atoms with van der Waals surface area (Å²) in [5, 5.41) is 18.7. The van der Waals surface area contributed by atoms with Gasteiger partial charge in [0, 0.05) is 12.6 Å². The Labute approximate surface area is 200 Å². The third-order valence-electron chi connectivity index (χ3n) is 6.70. The Bertz CT molecular complexity index is 983. The summed E-state index contributed by atoms with van der Waals surface area (Å²) >= 11 is 0. The van der Waals surface area contributed by atoms with Crippen LogP contribution in [-0.4, -0.2) is 52.2 Å². The molecule has 5 atom stereocenters. The SMILES string of the molecule is CC(C)(C)OC(=O)N[C@H](C(=O)N1C[C@H]2[C@@H]([C@H]1C(=O)NC(C#N)c1ccon1)C2(C)C)C(C)(C)C. The fraction of sp³-hybridized carbons (Fsp3) is 0.708. The fourth-order valence-electron chi connectivity index (χ4n) is 4.82. The van der Waals surface area contributed by atoms with E-state index in [0.29, 0.717) is 6.54 Å². The zero-order chi connectivity index (χ0) is 25.6. The van der Waals surface area contributed by atoms with Crippen LogP contribution >= 0.6 is 0 Å². The average Bonchev–Trinajstić information content (AvgIpc) is 3.15. The Morgan fingerprint density at radius 3 is 2.38 bits per heavy atom. The van der Waals surface area contributed by atoms with Crippen LogP contribution in [0.15, 0.2) is 16.9 Å². The van der Waals surface area contributed by atoms with Gasteiger partial charge in [0.05, 0.1) is 6.07 Å². The van der Waals surface area contributed by atoms with Crippen molar-refractivity contribution >= 4 is 17.9 Å². The number of nitrogens with zero attached hydrogens (tertiary/aromatic N) is 3. The third kappa shape index (κ3) is 5.03. The van der Waals surface area contributed by atoms with Crippen LogP contribution in [0.5, 0.6) is 0 Å². The zero-order valence-electron chi connectivity index (χ0n) is 21.1. The molecule has 3 amide bonds. The monoisotopic (exact) mass is 473 g/mol. The number of amides is 3. The number of alkyl carbamates (subject to hydrolysis) is 1. The van der Waals surface area contributed by atoms with Crippen LogP contribution in [0.3, 0.4) is 0 Å². The van der Waals surface area contributed by atoms with Crippen LogP contribution in [0.4, 0.5) is 4.79 Å². The summed E-state index contributed by atoms with van der Waals surface area (Å²) in [6.45, 7) is 15.3. The maximum Gasteiger partial charge on any atom is 0.408 e. The number of fused-ring (bicyclic) bond motifs is 1. The first kappa shape index (κ1) is 25.5. The number of carbonyl (C=O) groups excluding carboxylic acids is 3. The summed E-state index contributed by atoms with van der Waals surface area (Å²) < 4.78 is 10.2. The van der Waals surface area contributed by atoms with Gasteiger partial charge in [-0.15, -0.1) is 0 Å².